The number of benzene rings is 8. The van der Waals surface area contributed by atoms with Gasteiger partial charge in [-0.25, -0.2) is 52.7 Å². The molecule has 0 aliphatic carbocycles. The molecule has 19 nitrogen and oxygen atoms in total. The van der Waals surface area contributed by atoms with Crippen LogP contribution in [0.5, 0.6) is 0 Å². The summed E-state index contributed by atoms with van der Waals surface area (Å²) in [4.78, 5) is 15.4. The number of alkyl halides is 7. The largest absolute Gasteiger partial charge is 0.416 e. The van der Waals surface area contributed by atoms with Crippen LogP contribution >= 0.6 is 0 Å². The van der Waals surface area contributed by atoms with Crippen molar-refractivity contribution < 1.29 is 70.7 Å². The molecule has 0 aliphatic heterocycles. The lowest BCUT2D eigenvalue weighted by molar-refractivity contribution is -0.137. The van der Waals surface area contributed by atoms with Crippen molar-refractivity contribution in [1.29, 1.82) is 0 Å². The second-order valence-electron chi connectivity index (χ2n) is 36.5. The Bertz CT molecular complexity index is 6770. The van der Waals surface area contributed by atoms with Crippen molar-refractivity contribution in [3.63, 3.8) is 0 Å². The third-order valence-electron chi connectivity index (χ3n) is 22.7. The molecule has 0 fully saturated rings. The van der Waals surface area contributed by atoms with Gasteiger partial charge in [0.15, 0.2) is 11.6 Å². The minimum atomic E-state index is -4.33. The number of aromatic nitrogens is 17. The maximum atomic E-state index is 14.2. The normalized spacial score (nSPS) is 11.3. The van der Waals surface area contributed by atoms with E-state index in [1.807, 2.05) is 138 Å². The van der Waals surface area contributed by atoms with Crippen LogP contribution in [0, 0.1) is 46.5 Å². The van der Waals surface area contributed by atoms with Crippen LogP contribution in [0.2, 0.25) is 0 Å². The molecule has 34 heteroatoms. The number of pyridine rings is 1. The molecule has 0 spiro atoms. The van der Waals surface area contributed by atoms with Crippen LogP contribution < -0.4 is 5.32 Å². The van der Waals surface area contributed by atoms with Crippen molar-refractivity contribution in [1.82, 2.24) is 89.2 Å². The highest BCUT2D eigenvalue weighted by molar-refractivity contribution is 5.92. The Labute approximate surface area is 818 Å². The third-order valence-corrected chi connectivity index (χ3v) is 22.7. The van der Waals surface area contributed by atoms with Gasteiger partial charge in [0, 0.05) is 166 Å². The molecule has 1 N–H and O–H groups in total. The van der Waals surface area contributed by atoms with Crippen LogP contribution in [0.3, 0.4) is 0 Å². The molecule has 16 aromatic rings. The van der Waals surface area contributed by atoms with E-state index in [0.29, 0.717) is 72.9 Å². The summed E-state index contributed by atoms with van der Waals surface area (Å²) in [5, 5.41) is 38.0. The van der Waals surface area contributed by atoms with Gasteiger partial charge in [-0.15, -0.1) is 10.2 Å². The Morgan fingerprint density at radius 1 is 0.296 bits per heavy atom. The Morgan fingerprint density at radius 2 is 0.711 bits per heavy atom. The van der Waals surface area contributed by atoms with Crippen LogP contribution in [-0.4, -0.2) is 96.8 Å². The fourth-order valence-corrected chi connectivity index (χ4v) is 14.7. The average Bonchev–Trinajstić information content (AvgIpc) is 1.19. The van der Waals surface area contributed by atoms with E-state index in [1.165, 1.54) is 78.6 Å². The zero-order chi connectivity index (χ0) is 105. The van der Waals surface area contributed by atoms with Gasteiger partial charge in [-0.2, -0.15) is 38.7 Å². The highest BCUT2D eigenvalue weighted by Gasteiger charge is 2.32. The molecule has 0 radical (unpaired) electrons. The molecule has 0 aliphatic rings. The van der Waals surface area contributed by atoms with Crippen molar-refractivity contribution in [2.75, 3.05) is 7.05 Å². The summed E-state index contributed by atoms with van der Waals surface area (Å²) < 4.78 is 213. The third kappa shape index (κ3) is 29.9. The number of hydrogen-bond acceptors (Lipinski definition) is 11. The summed E-state index contributed by atoms with van der Waals surface area (Å²) in [6.07, 6.45) is 12.2. The standard InChI is InChI=1S/C17H17F3N2O.C14H15F3N2.C13H15F2N3.2C13H14F2N2.2C13H15FN2.C12H14FN3/c1-9(2)11-6-13(16(19)20)12(7-14(11)18)10-4-5-15(22-8-10)17(23)21-3;1-9(2)10-4-11(12-7-18-19(3)8-12)6-13(5-10)14(15,16)17;1-8(2)9-4-5-10(11(6-9)13(14)15)12-7-18(3)17-16-12;1-8(2)11-4-9(5-12(14)13(11)15)10-6-16-17(3)7-10;1-8(2)12-11(14)5-4-10(13(12)15)9-6-16-17(3)7-9;1-9(2)12-5-4-10(6-13(12)14)11-7-15-16(3)8-11;1-9(2)10-4-5-13(14)12(6-10)11-7-15-16(3)8-11;1-8(2)10-5-4-9(6-11(10)13)12-7-16(3)15-14-12/h4-9,16H,1-3H3,(H,21,23);4-9H,1-3H3;4-8,13H,1-3H3;2*4-8H,1-3H3;2*4-9H,1-3H3;4-8H,1-3H3. The lowest BCUT2D eigenvalue weighted by Gasteiger charge is -2.15. The number of amides is 1. The summed E-state index contributed by atoms with van der Waals surface area (Å²) >= 11 is 0. The van der Waals surface area contributed by atoms with Crippen molar-refractivity contribution in [3.8, 4) is 89.3 Å². The highest BCUT2D eigenvalue weighted by atomic mass is 19.4. The molecule has 8 aromatic heterocycles. The van der Waals surface area contributed by atoms with E-state index in [1.54, 1.807) is 183 Å². The fraction of sp³-hybridized carbons (Fsp3) is 0.324. The summed E-state index contributed by atoms with van der Waals surface area (Å²) in [6, 6.07) is 36.0. The van der Waals surface area contributed by atoms with Gasteiger partial charge < -0.3 is 5.32 Å². The number of carbonyl (C=O) groups excluding carboxylic acids is 1. The molecule has 752 valence electrons. The van der Waals surface area contributed by atoms with Crippen LogP contribution in [-0.2, 0) is 55.5 Å². The summed E-state index contributed by atoms with van der Waals surface area (Å²) in [5.74, 6) is -3.37. The zero-order valence-electron chi connectivity index (χ0n) is 83.7. The van der Waals surface area contributed by atoms with E-state index in [2.05, 4.69) is 70.3 Å². The summed E-state index contributed by atoms with van der Waals surface area (Å²) in [6.45, 7) is 30.5. The molecule has 8 heterocycles. The van der Waals surface area contributed by atoms with Crippen LogP contribution in [0.4, 0.5) is 65.9 Å². The molecule has 0 bridgehead atoms. The van der Waals surface area contributed by atoms with Crippen LogP contribution in [0.15, 0.2) is 220 Å². The minimum Gasteiger partial charge on any atom is -0.354 e. The summed E-state index contributed by atoms with van der Waals surface area (Å²) in [7, 11) is 13.9. The lowest BCUT2D eigenvalue weighted by atomic mass is 9.93. The smallest absolute Gasteiger partial charge is 0.354 e. The maximum absolute atomic E-state index is 14.2. The predicted molar refractivity (Wildman–Crippen MR) is 526 cm³/mol. The number of rotatable bonds is 19. The van der Waals surface area contributed by atoms with Gasteiger partial charge >= 0.3 is 6.18 Å². The van der Waals surface area contributed by atoms with Gasteiger partial charge in [-0.05, 0) is 193 Å². The monoisotopic (exact) mass is 1970 g/mol. The molecule has 0 atom stereocenters. The predicted octanol–water partition coefficient (Wildman–Crippen LogP) is 28.5. The van der Waals surface area contributed by atoms with E-state index in [4.69, 9.17) is 0 Å². The van der Waals surface area contributed by atoms with Crippen molar-refractivity contribution in [2.45, 2.75) is 177 Å². The molecule has 8 aromatic carbocycles. The maximum Gasteiger partial charge on any atom is 0.416 e. The molecule has 1 amide bonds. The quantitative estimate of drug-likeness (QED) is 0.0757. The first-order valence-electron chi connectivity index (χ1n) is 45.8. The van der Waals surface area contributed by atoms with Crippen molar-refractivity contribution in [2.24, 2.45) is 49.3 Å². The SMILES string of the molecule is CC(C)c1c(F)ccc(-c2cnn(C)c2)c1F.CC(C)c1cc(-c2cnn(C)c2)cc(C(F)(F)F)c1.CC(C)c1cc(-c2cnn(C)c2)cc(F)c1F.CC(C)c1ccc(-c2cn(C)nn2)c(C(F)F)c1.CC(C)c1ccc(-c2cn(C)nn2)cc1F.CC(C)c1ccc(-c2cnn(C)c2)cc1F.CC(C)c1ccc(F)c(-c2cnn(C)c2)c1.CNC(=O)c1ccc(-c2cc(F)c(C(C)C)cc2C(F)F)cn1. The Balaban J connectivity index is 0.000000182. The number of nitrogens with one attached hydrogen (secondary N) is 1. The molecule has 0 saturated heterocycles. The summed E-state index contributed by atoms with van der Waals surface area (Å²) in [5.41, 5.74) is 14.1. The average molecular weight is 1970 g/mol. The number of hydrogen-bond donors (Lipinski definition) is 1. The van der Waals surface area contributed by atoms with E-state index in [-0.39, 0.29) is 98.3 Å². The second-order valence-corrected chi connectivity index (χ2v) is 36.5. The van der Waals surface area contributed by atoms with Crippen LogP contribution in [0.1, 0.15) is 243 Å². The van der Waals surface area contributed by atoms with Gasteiger partial charge in [0.25, 0.3) is 18.8 Å². The zero-order valence-corrected chi connectivity index (χ0v) is 83.7. The Kier molecular flexibility index (Phi) is 38.9. The van der Waals surface area contributed by atoms with Gasteiger partial charge in [-0.3, -0.25) is 42.6 Å². The second kappa shape index (κ2) is 49.7. The molecule has 142 heavy (non-hydrogen) atoms. The van der Waals surface area contributed by atoms with Gasteiger partial charge in [0.05, 0.1) is 48.9 Å². The van der Waals surface area contributed by atoms with Gasteiger partial charge in [0.1, 0.15) is 52.0 Å². The first-order valence-corrected chi connectivity index (χ1v) is 45.8. The molecule has 0 unspecified atom stereocenters. The van der Waals surface area contributed by atoms with E-state index in [9.17, 15) is 70.7 Å². The molecule has 0 saturated carbocycles. The van der Waals surface area contributed by atoms with Crippen LogP contribution in [0.25, 0.3) is 89.3 Å². The highest BCUT2D eigenvalue weighted by Crippen LogP contribution is 2.41. The van der Waals surface area contributed by atoms with Gasteiger partial charge in [-0.1, -0.05) is 176 Å². The Hall–Kier alpha value is -14.3. The first kappa shape index (κ1) is 111. The molecule has 16 rings (SSSR count). The van der Waals surface area contributed by atoms with Gasteiger partial charge in [0.2, 0.25) is 0 Å². The Morgan fingerprint density at radius 3 is 1.14 bits per heavy atom. The first-order chi connectivity index (χ1) is 66.8. The number of nitrogens with zero attached hydrogens (tertiary/aromatic N) is 17. The van der Waals surface area contributed by atoms with E-state index in [0.717, 1.165) is 56.1 Å². The lowest BCUT2D eigenvalue weighted by Crippen LogP contribution is -2.18. The topological polar surface area (TPSA) is 193 Å². The van der Waals surface area contributed by atoms with E-state index < -0.39 is 53.7 Å². The minimum absolute atomic E-state index is 0.0155. The molecular weight excluding hydrogens is 1850 g/mol. The molecular formula is C108H119F15N18O. The number of aryl methyl sites for hydroxylation is 7. The fourth-order valence-electron chi connectivity index (χ4n) is 14.7. The number of carbonyl (C=O) groups is 1. The number of halogens is 15. The van der Waals surface area contributed by atoms with E-state index >= 15 is 0 Å². The van der Waals surface area contributed by atoms with Crippen molar-refractivity contribution in [3.05, 3.63) is 334 Å². The van der Waals surface area contributed by atoms with Crippen molar-refractivity contribution >= 4 is 5.91 Å².